The summed E-state index contributed by atoms with van der Waals surface area (Å²) in [6.07, 6.45) is 15.1. The Morgan fingerprint density at radius 2 is 1.05 bits per heavy atom. The third-order valence-electron chi connectivity index (χ3n) is 3.18. The van der Waals surface area contributed by atoms with Gasteiger partial charge >= 0.3 is 0 Å². The molecule has 0 saturated heterocycles. The lowest BCUT2D eigenvalue weighted by Crippen LogP contribution is -2.35. The normalized spacial score (nSPS) is 11.4. The molecule has 0 aromatic heterocycles. The predicted molar refractivity (Wildman–Crippen MR) is 97.2 cm³/mol. The van der Waals surface area contributed by atoms with Crippen molar-refractivity contribution in [2.75, 3.05) is 33.9 Å². The molecule has 5 nitrogen and oxygen atoms in total. The van der Waals surface area contributed by atoms with Gasteiger partial charge in [-0.15, -0.1) is 0 Å². The summed E-state index contributed by atoms with van der Waals surface area (Å²) in [5.74, 6) is 0. The van der Waals surface area contributed by atoms with Crippen molar-refractivity contribution in [1.29, 1.82) is 0 Å². The van der Waals surface area contributed by atoms with E-state index < -0.39 is 10.1 Å². The van der Waals surface area contributed by atoms with E-state index in [2.05, 4.69) is 28.1 Å². The summed E-state index contributed by atoms with van der Waals surface area (Å²) >= 11 is 0. The maximum Gasteiger partial charge on any atom is 0.261 e. The Bertz CT molecular complexity index is 304. The average Bonchev–Trinajstić information content (AvgIpc) is 2.28. The van der Waals surface area contributed by atoms with E-state index >= 15 is 0 Å². The van der Waals surface area contributed by atoms with E-state index in [0.29, 0.717) is 6.26 Å². The Morgan fingerprint density at radius 1 is 0.773 bits per heavy atom. The number of unbranched alkanes of at least 4 members (excludes halogenated alkanes) is 9. The molecule has 0 fully saturated rings. The number of hydrogen-bond donors (Lipinski definition) is 2. The smallest absolute Gasteiger partial charge is 0.261 e. The fourth-order valence-electron chi connectivity index (χ4n) is 2.07. The summed E-state index contributed by atoms with van der Waals surface area (Å²) in [5.41, 5.74) is 0. The van der Waals surface area contributed by atoms with E-state index in [1.54, 1.807) is 0 Å². The van der Waals surface area contributed by atoms with E-state index in [4.69, 9.17) is 4.55 Å². The Balaban J connectivity index is -0.000000520. The number of quaternary nitrogens is 1. The molecule has 0 heterocycles. The first-order chi connectivity index (χ1) is 9.56. The van der Waals surface area contributed by atoms with E-state index in [-0.39, 0.29) is 6.15 Å². The fourth-order valence-corrected chi connectivity index (χ4v) is 2.07. The zero-order valence-electron chi connectivity index (χ0n) is 15.6. The third-order valence-corrected chi connectivity index (χ3v) is 3.18. The van der Waals surface area contributed by atoms with Crippen molar-refractivity contribution >= 4 is 10.1 Å². The molecule has 22 heavy (non-hydrogen) atoms. The fraction of sp³-hybridized carbons (Fsp3) is 1.00. The zero-order valence-corrected chi connectivity index (χ0v) is 16.4. The average molecular weight is 342 g/mol. The first-order valence-electron chi connectivity index (χ1n) is 8.29. The molecule has 0 aliphatic rings. The summed E-state index contributed by atoms with van der Waals surface area (Å²) in [7, 11) is 3.19. The van der Waals surface area contributed by atoms with Gasteiger partial charge in [0.1, 0.15) is 0 Å². The SMILES string of the molecule is CCCCCCCCCCCC[N+](C)(C)C.CS(=O)(=O)O.N. The van der Waals surface area contributed by atoms with Gasteiger partial charge in [0, 0.05) is 0 Å². The molecule has 0 rings (SSSR count). The van der Waals surface area contributed by atoms with Crippen LogP contribution in [0.2, 0.25) is 0 Å². The lowest BCUT2D eigenvalue weighted by atomic mass is 10.1. The summed E-state index contributed by atoms with van der Waals surface area (Å²) in [6.45, 7) is 3.62. The van der Waals surface area contributed by atoms with E-state index in [1.165, 1.54) is 70.8 Å². The van der Waals surface area contributed by atoms with Crippen LogP contribution in [0.25, 0.3) is 0 Å². The molecule has 0 unspecified atom stereocenters. The van der Waals surface area contributed by atoms with Gasteiger partial charge in [-0.1, -0.05) is 58.3 Å². The van der Waals surface area contributed by atoms with Gasteiger partial charge in [0.05, 0.1) is 33.9 Å². The van der Waals surface area contributed by atoms with Crippen LogP contribution in [0.15, 0.2) is 0 Å². The Labute approximate surface area is 139 Å². The summed E-state index contributed by atoms with van der Waals surface area (Å²) in [5, 5.41) is 0. The quantitative estimate of drug-likeness (QED) is 0.333. The van der Waals surface area contributed by atoms with Crippen molar-refractivity contribution in [3.05, 3.63) is 0 Å². The first-order valence-corrected chi connectivity index (χ1v) is 10.1. The molecule has 0 spiro atoms. The molecule has 0 radical (unpaired) electrons. The number of nitrogens with zero attached hydrogens (tertiary/aromatic N) is 1. The second-order valence-corrected chi connectivity index (χ2v) is 8.39. The van der Waals surface area contributed by atoms with Gasteiger partial charge in [-0.25, -0.2) is 0 Å². The van der Waals surface area contributed by atoms with Crippen LogP contribution in [-0.2, 0) is 10.1 Å². The van der Waals surface area contributed by atoms with Crippen molar-refractivity contribution < 1.29 is 17.5 Å². The van der Waals surface area contributed by atoms with Crippen molar-refractivity contribution in [2.24, 2.45) is 0 Å². The Morgan fingerprint density at radius 3 is 1.32 bits per heavy atom. The van der Waals surface area contributed by atoms with Crippen molar-refractivity contribution in [3.8, 4) is 0 Å². The molecule has 0 atom stereocenters. The molecule has 0 aromatic rings. The highest BCUT2D eigenvalue weighted by Gasteiger charge is 2.04. The van der Waals surface area contributed by atoms with Crippen LogP contribution in [0, 0.1) is 0 Å². The topological polar surface area (TPSA) is 89.4 Å². The Hall–Kier alpha value is -0.170. The van der Waals surface area contributed by atoms with Gasteiger partial charge in [0.15, 0.2) is 0 Å². The standard InChI is InChI=1S/C15H34N.CH4O3S.H3N/c1-5-6-7-8-9-10-11-12-13-14-15-16(2,3)4;1-5(2,3)4;/h5-15H2,1-4H3;1H3,(H,2,3,4);1H3/q+1;;. The lowest BCUT2D eigenvalue weighted by Gasteiger charge is -2.23. The van der Waals surface area contributed by atoms with Crippen molar-refractivity contribution in [3.63, 3.8) is 0 Å². The summed E-state index contributed by atoms with van der Waals surface area (Å²) in [6, 6.07) is 0. The minimum Gasteiger partial charge on any atom is -0.344 e. The first kappa shape index (κ1) is 26.7. The maximum absolute atomic E-state index is 9.19. The van der Waals surface area contributed by atoms with Crippen molar-refractivity contribution in [1.82, 2.24) is 6.15 Å². The number of hydrogen-bond acceptors (Lipinski definition) is 3. The van der Waals surface area contributed by atoms with Gasteiger partial charge < -0.3 is 10.6 Å². The monoisotopic (exact) mass is 341 g/mol. The molecular formula is C16H41N2O3S+. The predicted octanol–water partition coefficient (Wildman–Crippen LogP) is 4.28. The molecule has 0 aliphatic heterocycles. The van der Waals surface area contributed by atoms with E-state index in [9.17, 15) is 8.42 Å². The largest absolute Gasteiger partial charge is 0.344 e. The molecular weight excluding hydrogens is 300 g/mol. The van der Waals surface area contributed by atoms with Gasteiger partial charge in [0.2, 0.25) is 0 Å². The summed E-state index contributed by atoms with van der Waals surface area (Å²) < 4.78 is 27.0. The van der Waals surface area contributed by atoms with Crippen LogP contribution >= 0.6 is 0 Å². The molecule has 0 aliphatic carbocycles. The molecule has 6 heteroatoms. The Kier molecular flexibility index (Phi) is 19.1. The molecule has 138 valence electrons. The van der Waals surface area contributed by atoms with E-state index in [1.807, 2.05) is 0 Å². The molecule has 0 amide bonds. The highest BCUT2D eigenvalue weighted by atomic mass is 32.2. The highest BCUT2D eigenvalue weighted by Crippen LogP contribution is 2.10. The lowest BCUT2D eigenvalue weighted by molar-refractivity contribution is -0.870. The van der Waals surface area contributed by atoms with Crippen LogP contribution in [0.3, 0.4) is 0 Å². The zero-order chi connectivity index (χ0) is 16.8. The number of rotatable bonds is 11. The summed E-state index contributed by atoms with van der Waals surface area (Å²) in [4.78, 5) is 0. The van der Waals surface area contributed by atoms with Gasteiger partial charge in [-0.2, -0.15) is 8.42 Å². The van der Waals surface area contributed by atoms with Gasteiger partial charge in [0.25, 0.3) is 10.1 Å². The van der Waals surface area contributed by atoms with Crippen LogP contribution < -0.4 is 6.15 Å². The minimum atomic E-state index is -3.67. The van der Waals surface area contributed by atoms with Crippen LogP contribution in [0.1, 0.15) is 71.1 Å². The van der Waals surface area contributed by atoms with Crippen LogP contribution in [0.5, 0.6) is 0 Å². The molecule has 0 bridgehead atoms. The third kappa shape index (κ3) is 42.7. The molecule has 0 aromatic carbocycles. The highest BCUT2D eigenvalue weighted by molar-refractivity contribution is 7.85. The maximum atomic E-state index is 9.19. The second kappa shape index (κ2) is 15.7. The van der Waals surface area contributed by atoms with Gasteiger partial charge in [-0.3, -0.25) is 4.55 Å². The second-order valence-electron chi connectivity index (χ2n) is 6.93. The van der Waals surface area contributed by atoms with Gasteiger partial charge in [-0.05, 0) is 12.8 Å². The van der Waals surface area contributed by atoms with Crippen molar-refractivity contribution in [2.45, 2.75) is 71.1 Å². The molecule has 4 N–H and O–H groups in total. The molecule has 0 saturated carbocycles. The van der Waals surface area contributed by atoms with Crippen LogP contribution in [0.4, 0.5) is 0 Å². The minimum absolute atomic E-state index is 0. The van der Waals surface area contributed by atoms with E-state index in [0.717, 1.165) is 4.48 Å². The van der Waals surface area contributed by atoms with Crippen LogP contribution in [-0.4, -0.2) is 51.4 Å².